The van der Waals surface area contributed by atoms with Gasteiger partial charge in [0.15, 0.2) is 23.9 Å². The van der Waals surface area contributed by atoms with Crippen LogP contribution >= 0.6 is 0 Å². The number of para-hydroxylation sites is 4. The van der Waals surface area contributed by atoms with E-state index < -0.39 is 0 Å². The molecule has 0 saturated carbocycles. The Hall–Kier alpha value is -3.46. The number of rotatable bonds is 2. The second-order valence-electron chi connectivity index (χ2n) is 6.52. The van der Waals surface area contributed by atoms with Crippen molar-refractivity contribution < 1.29 is 9.59 Å². The summed E-state index contributed by atoms with van der Waals surface area (Å²) in [6.45, 7) is 0. The summed E-state index contributed by atoms with van der Waals surface area (Å²) in [4.78, 5) is 38.0. The molecule has 8 nitrogen and oxygen atoms in total. The van der Waals surface area contributed by atoms with Crippen LogP contribution in [0.5, 0.6) is 0 Å². The first-order valence-electron chi connectivity index (χ1n) is 9.13. The Bertz CT molecular complexity index is 1440. The number of nitrogens with zero attached hydrogens (tertiary/aromatic N) is 6. The molecule has 0 saturated heterocycles. The van der Waals surface area contributed by atoms with Crippen molar-refractivity contribution in [2.75, 3.05) is 0 Å². The van der Waals surface area contributed by atoms with Crippen LogP contribution in [0.2, 0.25) is 0 Å². The third-order valence-electron chi connectivity index (χ3n) is 4.67. The average Bonchev–Trinajstić information content (AvgIpc) is 3.43. The van der Waals surface area contributed by atoms with Gasteiger partial charge in [-0.25, -0.2) is 9.97 Å². The molecule has 1 radical (unpaired) electrons. The van der Waals surface area contributed by atoms with Crippen molar-refractivity contribution in [3.63, 3.8) is 0 Å². The molecule has 31 heavy (non-hydrogen) atoms. The molecule has 6 aromatic rings. The van der Waals surface area contributed by atoms with Crippen LogP contribution < -0.4 is 0 Å². The predicted octanol–water partition coefficient (Wildman–Crippen LogP) is 3.01. The van der Waals surface area contributed by atoms with Crippen molar-refractivity contribution in [3.05, 3.63) is 84.7 Å². The predicted molar refractivity (Wildman–Crippen MR) is 118 cm³/mol. The monoisotopic (exact) mass is 417 g/mol. The summed E-state index contributed by atoms with van der Waals surface area (Å²) in [5, 5.41) is 0. The standard InChI is InChI=1S/2C11H7N3O.Na/c2*15-7-8-6-14-10-4-2-1-3-9(10)12-5-11(14)13-8;/h2*1-7H;. The maximum atomic E-state index is 10.6. The Morgan fingerprint density at radius 2 is 1.06 bits per heavy atom. The molecule has 0 bridgehead atoms. The minimum absolute atomic E-state index is 0. The third kappa shape index (κ3) is 3.84. The van der Waals surface area contributed by atoms with Gasteiger partial charge < -0.3 is 0 Å². The van der Waals surface area contributed by atoms with E-state index in [1.807, 2.05) is 57.3 Å². The number of hydrogen-bond donors (Lipinski definition) is 0. The molecule has 0 aliphatic heterocycles. The molecular formula is C22H14N6NaO2. The Morgan fingerprint density at radius 3 is 1.48 bits per heavy atom. The van der Waals surface area contributed by atoms with E-state index in [1.165, 1.54) is 0 Å². The summed E-state index contributed by atoms with van der Waals surface area (Å²) in [7, 11) is 0. The SMILES string of the molecule is O=Cc1cn2c(cnc3ccccc32)n1.O=Cc1cn2c(cnc3ccccc32)n1.[Na]. The van der Waals surface area contributed by atoms with Crippen LogP contribution in [0.3, 0.4) is 0 Å². The molecule has 4 aromatic heterocycles. The van der Waals surface area contributed by atoms with Crippen LogP contribution in [0.1, 0.15) is 21.0 Å². The topological polar surface area (TPSA) is 94.5 Å². The van der Waals surface area contributed by atoms with Crippen LogP contribution in [0, 0.1) is 0 Å². The Kier molecular flexibility index (Phi) is 5.85. The number of benzene rings is 2. The summed E-state index contributed by atoms with van der Waals surface area (Å²) in [5.74, 6) is 0. The minimum atomic E-state index is 0. The smallest absolute Gasteiger partial charge is 0.170 e. The summed E-state index contributed by atoms with van der Waals surface area (Å²) < 4.78 is 3.73. The second-order valence-corrected chi connectivity index (χ2v) is 6.52. The van der Waals surface area contributed by atoms with E-state index in [2.05, 4.69) is 19.9 Å². The molecule has 2 aromatic carbocycles. The number of carbonyl (C=O) groups excluding carboxylic acids is 2. The normalized spacial score (nSPS) is 10.6. The van der Waals surface area contributed by atoms with Gasteiger partial charge in [-0.05, 0) is 24.3 Å². The van der Waals surface area contributed by atoms with Crippen molar-refractivity contribution in [1.29, 1.82) is 0 Å². The Balaban J connectivity index is 0.000000144. The van der Waals surface area contributed by atoms with Gasteiger partial charge in [0.2, 0.25) is 0 Å². The van der Waals surface area contributed by atoms with E-state index in [0.29, 0.717) is 22.7 Å². The van der Waals surface area contributed by atoms with Gasteiger partial charge >= 0.3 is 0 Å². The largest absolute Gasteiger partial charge is 0.296 e. The average molecular weight is 417 g/mol. The van der Waals surface area contributed by atoms with Crippen LogP contribution in [0.4, 0.5) is 0 Å². The molecule has 9 heteroatoms. The van der Waals surface area contributed by atoms with Crippen LogP contribution in [-0.4, -0.2) is 70.9 Å². The molecule has 0 amide bonds. The Labute approximate surface area is 197 Å². The van der Waals surface area contributed by atoms with Gasteiger partial charge in [-0.3, -0.25) is 28.4 Å². The van der Waals surface area contributed by atoms with Gasteiger partial charge in [-0.2, -0.15) is 0 Å². The molecule has 0 unspecified atom stereocenters. The minimum Gasteiger partial charge on any atom is -0.296 e. The molecule has 0 N–H and O–H groups in total. The zero-order valence-corrected chi connectivity index (χ0v) is 18.6. The third-order valence-corrected chi connectivity index (χ3v) is 4.67. The Morgan fingerprint density at radius 1 is 0.645 bits per heavy atom. The van der Waals surface area contributed by atoms with Gasteiger partial charge in [0.05, 0.1) is 34.5 Å². The van der Waals surface area contributed by atoms with E-state index in [-0.39, 0.29) is 29.6 Å². The summed E-state index contributed by atoms with van der Waals surface area (Å²) in [5.41, 5.74) is 5.92. The fourth-order valence-electron chi connectivity index (χ4n) is 3.32. The van der Waals surface area contributed by atoms with Gasteiger partial charge in [-0.15, -0.1) is 0 Å². The fraction of sp³-hybridized carbons (Fsp3) is 0. The maximum absolute atomic E-state index is 10.6. The number of fused-ring (bicyclic) bond motifs is 6. The summed E-state index contributed by atoms with van der Waals surface area (Å²) >= 11 is 0. The van der Waals surface area contributed by atoms with Crippen molar-refractivity contribution in [2.24, 2.45) is 0 Å². The first kappa shape index (κ1) is 20.8. The number of aromatic nitrogens is 6. The number of aldehydes is 2. The molecule has 6 rings (SSSR count). The molecular weight excluding hydrogens is 403 g/mol. The van der Waals surface area contributed by atoms with E-state index in [9.17, 15) is 9.59 Å². The number of carbonyl (C=O) groups is 2. The van der Waals surface area contributed by atoms with Crippen LogP contribution in [0.15, 0.2) is 73.3 Å². The van der Waals surface area contributed by atoms with E-state index in [0.717, 1.165) is 34.6 Å². The molecule has 0 spiro atoms. The van der Waals surface area contributed by atoms with Crippen molar-refractivity contribution >= 4 is 75.5 Å². The zero-order chi connectivity index (χ0) is 20.5. The van der Waals surface area contributed by atoms with Gasteiger partial charge in [0, 0.05) is 42.0 Å². The van der Waals surface area contributed by atoms with Crippen LogP contribution in [0.25, 0.3) is 33.4 Å². The molecule has 0 fully saturated rings. The van der Waals surface area contributed by atoms with E-state index in [4.69, 9.17) is 0 Å². The van der Waals surface area contributed by atoms with Crippen molar-refractivity contribution in [1.82, 2.24) is 28.7 Å². The van der Waals surface area contributed by atoms with Gasteiger partial charge in [0.25, 0.3) is 0 Å². The first-order valence-corrected chi connectivity index (χ1v) is 9.13. The molecule has 0 atom stereocenters. The zero-order valence-electron chi connectivity index (χ0n) is 16.6. The van der Waals surface area contributed by atoms with Crippen molar-refractivity contribution in [2.45, 2.75) is 0 Å². The summed E-state index contributed by atoms with van der Waals surface area (Å²) in [6.07, 6.45) is 8.23. The molecule has 4 heterocycles. The molecule has 0 aliphatic carbocycles. The maximum Gasteiger partial charge on any atom is 0.170 e. The second kappa shape index (κ2) is 8.73. The quantitative estimate of drug-likeness (QED) is 0.318. The fourth-order valence-corrected chi connectivity index (χ4v) is 3.32. The molecule has 145 valence electrons. The first-order chi connectivity index (χ1) is 14.8. The van der Waals surface area contributed by atoms with E-state index in [1.54, 1.807) is 24.8 Å². The van der Waals surface area contributed by atoms with Gasteiger partial charge in [-0.1, -0.05) is 24.3 Å². The van der Waals surface area contributed by atoms with Crippen molar-refractivity contribution in [3.8, 4) is 0 Å². The molecule has 0 aliphatic rings. The number of imidazole rings is 2. The summed E-state index contributed by atoms with van der Waals surface area (Å²) in [6, 6.07) is 15.5. The van der Waals surface area contributed by atoms with Crippen LogP contribution in [-0.2, 0) is 0 Å². The van der Waals surface area contributed by atoms with E-state index >= 15 is 0 Å². The van der Waals surface area contributed by atoms with Gasteiger partial charge in [0.1, 0.15) is 11.4 Å². The number of hydrogen-bond acceptors (Lipinski definition) is 6.